The number of benzene rings is 1. The second kappa shape index (κ2) is 11.7. The summed E-state index contributed by atoms with van der Waals surface area (Å²) in [6, 6.07) is 7.55. The van der Waals surface area contributed by atoms with Crippen LogP contribution in [0.15, 0.2) is 30.3 Å². The van der Waals surface area contributed by atoms with Crippen molar-refractivity contribution in [3.8, 4) is 0 Å². The molecule has 4 amide bonds. The number of nitrogens with one attached hydrogen (secondary N) is 3. The number of amides is 4. The largest absolute Gasteiger partial charge is 0.368 e. The third-order valence-electron chi connectivity index (χ3n) is 4.03. The van der Waals surface area contributed by atoms with Gasteiger partial charge in [0, 0.05) is 12.8 Å². The highest BCUT2D eigenvalue weighted by Crippen LogP contribution is 2.08. The second-order valence-corrected chi connectivity index (χ2v) is 7.04. The molecule has 28 heavy (non-hydrogen) atoms. The van der Waals surface area contributed by atoms with Crippen molar-refractivity contribution in [2.45, 2.75) is 52.1 Å². The lowest BCUT2D eigenvalue weighted by Crippen LogP contribution is -2.55. The maximum absolute atomic E-state index is 12.8. The summed E-state index contributed by atoms with van der Waals surface area (Å²) in [5.74, 6) is -1.69. The lowest BCUT2D eigenvalue weighted by Gasteiger charge is -2.24. The fourth-order valence-corrected chi connectivity index (χ4v) is 2.63. The van der Waals surface area contributed by atoms with E-state index in [1.807, 2.05) is 44.2 Å². The molecule has 0 bridgehead atoms. The van der Waals surface area contributed by atoms with Crippen LogP contribution >= 0.6 is 0 Å². The van der Waals surface area contributed by atoms with E-state index in [0.717, 1.165) is 5.56 Å². The van der Waals surface area contributed by atoms with E-state index in [0.29, 0.717) is 6.42 Å². The van der Waals surface area contributed by atoms with Crippen molar-refractivity contribution in [2.75, 3.05) is 6.54 Å². The minimum atomic E-state index is -0.901. The van der Waals surface area contributed by atoms with Crippen molar-refractivity contribution in [1.29, 1.82) is 0 Å². The van der Waals surface area contributed by atoms with Gasteiger partial charge < -0.3 is 21.7 Å². The minimum absolute atomic E-state index is 0.171. The Bertz CT molecular complexity index is 676. The summed E-state index contributed by atoms with van der Waals surface area (Å²) in [5.41, 5.74) is 5.93. The van der Waals surface area contributed by atoms with Gasteiger partial charge in [0.1, 0.15) is 12.1 Å². The van der Waals surface area contributed by atoms with Crippen LogP contribution in [0, 0.1) is 5.92 Å². The van der Waals surface area contributed by atoms with Crippen LogP contribution in [0.25, 0.3) is 0 Å². The van der Waals surface area contributed by atoms with Gasteiger partial charge in [-0.05, 0) is 17.9 Å². The third kappa shape index (κ3) is 8.66. The van der Waals surface area contributed by atoms with E-state index in [9.17, 15) is 19.2 Å². The number of rotatable bonds is 11. The fourth-order valence-electron chi connectivity index (χ4n) is 2.63. The molecule has 8 nitrogen and oxygen atoms in total. The van der Waals surface area contributed by atoms with Gasteiger partial charge in [-0.1, -0.05) is 51.1 Å². The zero-order chi connectivity index (χ0) is 21.1. The van der Waals surface area contributed by atoms with Crippen molar-refractivity contribution < 1.29 is 19.2 Å². The molecule has 0 aliphatic carbocycles. The van der Waals surface area contributed by atoms with Gasteiger partial charge in [0.15, 0.2) is 0 Å². The number of primary amides is 1. The molecular weight excluding hydrogens is 360 g/mol. The average molecular weight is 390 g/mol. The molecule has 2 unspecified atom stereocenters. The van der Waals surface area contributed by atoms with Gasteiger partial charge in [-0.2, -0.15) is 0 Å². The third-order valence-corrected chi connectivity index (χ3v) is 4.03. The molecule has 1 aromatic rings. The summed E-state index contributed by atoms with van der Waals surface area (Å²) in [6.07, 6.45) is 0.945. The summed E-state index contributed by atoms with van der Waals surface area (Å²) >= 11 is 0. The number of hydrogen-bond donors (Lipinski definition) is 4. The van der Waals surface area contributed by atoms with E-state index in [1.54, 1.807) is 6.92 Å². The first-order valence-electron chi connectivity index (χ1n) is 9.42. The zero-order valence-electron chi connectivity index (χ0n) is 16.7. The van der Waals surface area contributed by atoms with Crippen molar-refractivity contribution >= 4 is 23.6 Å². The van der Waals surface area contributed by atoms with E-state index in [4.69, 9.17) is 5.73 Å². The summed E-state index contributed by atoms with van der Waals surface area (Å²) < 4.78 is 0. The number of hydrogen-bond acceptors (Lipinski definition) is 4. The molecule has 0 spiro atoms. The Morgan fingerprint density at radius 2 is 1.61 bits per heavy atom. The summed E-state index contributed by atoms with van der Waals surface area (Å²) in [5, 5.41) is 7.83. The summed E-state index contributed by atoms with van der Waals surface area (Å²) in [7, 11) is 0. The van der Waals surface area contributed by atoms with Crippen LogP contribution < -0.4 is 21.7 Å². The SMILES string of the molecule is CCC(=O)NC(CC(C)C)C(=O)NC(Cc1ccccc1)C(=O)NCC(N)=O. The Kier molecular flexibility index (Phi) is 9.70. The van der Waals surface area contributed by atoms with E-state index < -0.39 is 29.8 Å². The Morgan fingerprint density at radius 1 is 0.964 bits per heavy atom. The fraction of sp³-hybridized carbons (Fsp3) is 0.500. The number of nitrogens with two attached hydrogens (primary N) is 1. The van der Waals surface area contributed by atoms with Crippen LogP contribution in [0.2, 0.25) is 0 Å². The molecule has 154 valence electrons. The molecule has 1 aromatic carbocycles. The monoisotopic (exact) mass is 390 g/mol. The molecule has 0 radical (unpaired) electrons. The van der Waals surface area contributed by atoms with E-state index >= 15 is 0 Å². The smallest absolute Gasteiger partial charge is 0.243 e. The quantitative estimate of drug-likeness (QED) is 0.432. The van der Waals surface area contributed by atoms with Gasteiger partial charge in [-0.25, -0.2) is 0 Å². The number of carbonyl (C=O) groups excluding carboxylic acids is 4. The van der Waals surface area contributed by atoms with Crippen LogP contribution in [-0.2, 0) is 25.6 Å². The minimum Gasteiger partial charge on any atom is -0.368 e. The van der Waals surface area contributed by atoms with Crippen LogP contribution in [0.3, 0.4) is 0 Å². The van der Waals surface area contributed by atoms with Gasteiger partial charge in [0.05, 0.1) is 6.54 Å². The Balaban J connectivity index is 2.93. The summed E-state index contributed by atoms with van der Waals surface area (Å²) in [6.45, 7) is 5.27. The summed E-state index contributed by atoms with van der Waals surface area (Å²) in [4.78, 5) is 48.0. The van der Waals surface area contributed by atoms with Crippen LogP contribution in [-0.4, -0.2) is 42.3 Å². The van der Waals surface area contributed by atoms with Crippen LogP contribution in [0.5, 0.6) is 0 Å². The highest BCUT2D eigenvalue weighted by atomic mass is 16.2. The molecule has 0 heterocycles. The van der Waals surface area contributed by atoms with Gasteiger partial charge in [-0.3, -0.25) is 19.2 Å². The first-order valence-corrected chi connectivity index (χ1v) is 9.42. The molecular formula is C20H30N4O4. The molecule has 0 saturated heterocycles. The molecule has 0 fully saturated rings. The predicted octanol–water partition coefficient (Wildman–Crippen LogP) is 0.256. The highest BCUT2D eigenvalue weighted by molar-refractivity contribution is 5.93. The van der Waals surface area contributed by atoms with Gasteiger partial charge >= 0.3 is 0 Å². The molecule has 0 aliphatic rings. The topological polar surface area (TPSA) is 130 Å². The van der Waals surface area contributed by atoms with Crippen molar-refractivity contribution in [3.05, 3.63) is 35.9 Å². The van der Waals surface area contributed by atoms with Gasteiger partial charge in [0.25, 0.3) is 0 Å². The van der Waals surface area contributed by atoms with Gasteiger partial charge in [-0.15, -0.1) is 0 Å². The molecule has 2 atom stereocenters. The second-order valence-electron chi connectivity index (χ2n) is 7.04. The maximum atomic E-state index is 12.8. The molecule has 5 N–H and O–H groups in total. The molecule has 0 aliphatic heterocycles. The van der Waals surface area contributed by atoms with Crippen LogP contribution in [0.4, 0.5) is 0 Å². The number of carbonyl (C=O) groups is 4. The van der Waals surface area contributed by atoms with E-state index in [2.05, 4.69) is 16.0 Å². The average Bonchev–Trinajstić information content (AvgIpc) is 2.65. The van der Waals surface area contributed by atoms with Crippen molar-refractivity contribution in [3.63, 3.8) is 0 Å². The van der Waals surface area contributed by atoms with Crippen molar-refractivity contribution in [1.82, 2.24) is 16.0 Å². The Hall–Kier alpha value is -2.90. The van der Waals surface area contributed by atoms with E-state index in [-0.39, 0.29) is 31.2 Å². The zero-order valence-corrected chi connectivity index (χ0v) is 16.7. The normalized spacial score (nSPS) is 12.7. The molecule has 8 heteroatoms. The van der Waals surface area contributed by atoms with E-state index in [1.165, 1.54) is 0 Å². The Labute approximate surface area is 165 Å². The van der Waals surface area contributed by atoms with Gasteiger partial charge in [0.2, 0.25) is 23.6 Å². The first-order chi connectivity index (χ1) is 13.2. The highest BCUT2D eigenvalue weighted by Gasteiger charge is 2.27. The predicted molar refractivity (Wildman–Crippen MR) is 106 cm³/mol. The standard InChI is InChI=1S/C20H30N4O4/c1-4-18(26)23-15(10-13(2)3)20(28)24-16(19(27)22-12-17(21)25)11-14-8-6-5-7-9-14/h5-9,13,15-16H,4,10-12H2,1-3H3,(H2,21,25)(H,22,27)(H,23,26)(H,24,28). The lowest BCUT2D eigenvalue weighted by atomic mass is 10.0. The first kappa shape index (κ1) is 23.1. The molecule has 0 saturated carbocycles. The van der Waals surface area contributed by atoms with Crippen LogP contribution in [0.1, 0.15) is 39.2 Å². The van der Waals surface area contributed by atoms with Crippen molar-refractivity contribution in [2.24, 2.45) is 11.7 Å². The molecule has 0 aromatic heterocycles. The molecule has 1 rings (SSSR count). The Morgan fingerprint density at radius 3 is 2.14 bits per heavy atom. The maximum Gasteiger partial charge on any atom is 0.243 e. The lowest BCUT2D eigenvalue weighted by molar-refractivity contribution is -0.132.